The summed E-state index contributed by atoms with van der Waals surface area (Å²) in [6.07, 6.45) is 4.35. The molecule has 0 saturated heterocycles. The van der Waals surface area contributed by atoms with E-state index in [9.17, 15) is 0 Å². The molecule has 0 amide bonds. The number of nitrogens with zero attached hydrogens (tertiary/aromatic N) is 3. The smallest absolute Gasteiger partial charge is 0.133 e. The number of aryl methyl sites for hydroxylation is 2. The fourth-order valence-electron chi connectivity index (χ4n) is 1.52. The minimum atomic E-state index is 0.484. The van der Waals surface area contributed by atoms with Gasteiger partial charge in [0.25, 0.3) is 0 Å². The predicted octanol–water partition coefficient (Wildman–Crippen LogP) is 3.06. The van der Waals surface area contributed by atoms with Crippen molar-refractivity contribution < 1.29 is 0 Å². The third-order valence-electron chi connectivity index (χ3n) is 2.35. The molecule has 0 aliphatic rings. The summed E-state index contributed by atoms with van der Waals surface area (Å²) >= 11 is 5.96. The molecule has 0 unspecified atom stereocenters. The van der Waals surface area contributed by atoms with Crippen molar-refractivity contribution >= 4 is 11.6 Å². The van der Waals surface area contributed by atoms with E-state index in [-0.39, 0.29) is 0 Å². The summed E-state index contributed by atoms with van der Waals surface area (Å²) in [6, 6.07) is 3.72. The van der Waals surface area contributed by atoms with Gasteiger partial charge >= 0.3 is 0 Å². The van der Waals surface area contributed by atoms with Crippen LogP contribution in [0.25, 0.3) is 11.3 Å². The average molecular weight is 234 g/mol. The SMILES string of the molecule is CCc1nc(Cl)cc(-c2ccncc2C)n1. The Morgan fingerprint density at radius 3 is 2.81 bits per heavy atom. The van der Waals surface area contributed by atoms with E-state index in [2.05, 4.69) is 15.0 Å². The largest absolute Gasteiger partial charge is 0.264 e. The van der Waals surface area contributed by atoms with Crippen LogP contribution in [-0.2, 0) is 6.42 Å². The van der Waals surface area contributed by atoms with Crippen molar-refractivity contribution in [3.05, 3.63) is 41.1 Å². The number of pyridine rings is 1. The zero-order valence-electron chi connectivity index (χ0n) is 9.24. The van der Waals surface area contributed by atoms with E-state index in [1.807, 2.05) is 26.1 Å². The molecule has 0 aliphatic carbocycles. The maximum absolute atomic E-state index is 5.96. The first-order valence-corrected chi connectivity index (χ1v) is 5.53. The molecule has 0 radical (unpaired) electrons. The fourth-order valence-corrected chi connectivity index (χ4v) is 1.72. The van der Waals surface area contributed by atoms with E-state index < -0.39 is 0 Å². The van der Waals surface area contributed by atoms with Gasteiger partial charge in [-0.3, -0.25) is 4.98 Å². The Morgan fingerprint density at radius 2 is 2.12 bits per heavy atom. The lowest BCUT2D eigenvalue weighted by Crippen LogP contribution is -1.96. The van der Waals surface area contributed by atoms with Gasteiger partial charge in [-0.1, -0.05) is 18.5 Å². The second-order valence-corrected chi connectivity index (χ2v) is 3.92. The third-order valence-corrected chi connectivity index (χ3v) is 2.55. The molecule has 0 saturated carbocycles. The highest BCUT2D eigenvalue weighted by molar-refractivity contribution is 6.29. The minimum absolute atomic E-state index is 0.484. The number of hydrogen-bond donors (Lipinski definition) is 0. The van der Waals surface area contributed by atoms with Crippen molar-refractivity contribution in [3.8, 4) is 11.3 Å². The zero-order valence-corrected chi connectivity index (χ0v) is 9.99. The number of aromatic nitrogens is 3. The van der Waals surface area contributed by atoms with Crippen molar-refractivity contribution in [2.45, 2.75) is 20.3 Å². The molecule has 0 spiro atoms. The predicted molar refractivity (Wildman–Crippen MR) is 64.4 cm³/mol. The quantitative estimate of drug-likeness (QED) is 0.749. The first kappa shape index (κ1) is 11.0. The first-order chi connectivity index (χ1) is 7.70. The normalized spacial score (nSPS) is 10.4. The van der Waals surface area contributed by atoms with E-state index >= 15 is 0 Å². The molecule has 0 aromatic carbocycles. The Bertz CT molecular complexity index is 511. The Morgan fingerprint density at radius 1 is 1.31 bits per heavy atom. The summed E-state index contributed by atoms with van der Waals surface area (Å²) in [7, 11) is 0. The lowest BCUT2D eigenvalue weighted by Gasteiger charge is -2.06. The van der Waals surface area contributed by atoms with E-state index in [0.717, 1.165) is 29.1 Å². The van der Waals surface area contributed by atoms with Crippen molar-refractivity contribution in [1.82, 2.24) is 15.0 Å². The van der Waals surface area contributed by atoms with Crippen molar-refractivity contribution in [2.75, 3.05) is 0 Å². The highest BCUT2D eigenvalue weighted by Gasteiger charge is 2.06. The Balaban J connectivity index is 2.56. The second kappa shape index (κ2) is 4.58. The number of hydrogen-bond acceptors (Lipinski definition) is 3. The van der Waals surface area contributed by atoms with Gasteiger partial charge < -0.3 is 0 Å². The molecule has 2 rings (SSSR count). The maximum Gasteiger partial charge on any atom is 0.133 e. The van der Waals surface area contributed by atoms with Gasteiger partial charge in [0.05, 0.1) is 5.69 Å². The second-order valence-electron chi connectivity index (χ2n) is 3.54. The maximum atomic E-state index is 5.96. The molecule has 3 nitrogen and oxygen atoms in total. The van der Waals surface area contributed by atoms with Crippen LogP contribution in [0.5, 0.6) is 0 Å². The van der Waals surface area contributed by atoms with E-state index in [1.165, 1.54) is 0 Å². The monoisotopic (exact) mass is 233 g/mol. The molecule has 2 aromatic rings. The van der Waals surface area contributed by atoms with Gasteiger partial charge in [-0.05, 0) is 18.6 Å². The summed E-state index contributed by atoms with van der Waals surface area (Å²) in [5.74, 6) is 0.763. The highest BCUT2D eigenvalue weighted by atomic mass is 35.5. The topological polar surface area (TPSA) is 38.7 Å². The molecule has 0 N–H and O–H groups in total. The van der Waals surface area contributed by atoms with Crippen LogP contribution >= 0.6 is 11.6 Å². The number of rotatable bonds is 2. The first-order valence-electron chi connectivity index (χ1n) is 5.15. The molecule has 16 heavy (non-hydrogen) atoms. The Kier molecular flexibility index (Phi) is 3.15. The minimum Gasteiger partial charge on any atom is -0.264 e. The van der Waals surface area contributed by atoms with Gasteiger partial charge in [0.15, 0.2) is 0 Å². The molecule has 82 valence electrons. The van der Waals surface area contributed by atoms with Crippen molar-refractivity contribution in [1.29, 1.82) is 0 Å². The van der Waals surface area contributed by atoms with Crippen LogP contribution in [0.3, 0.4) is 0 Å². The van der Waals surface area contributed by atoms with Crippen LogP contribution in [0.1, 0.15) is 18.3 Å². The van der Waals surface area contributed by atoms with Crippen molar-refractivity contribution in [2.24, 2.45) is 0 Å². The summed E-state index contributed by atoms with van der Waals surface area (Å²) in [4.78, 5) is 12.7. The molecule has 2 heterocycles. The van der Waals surface area contributed by atoms with Crippen LogP contribution in [0.15, 0.2) is 24.5 Å². The molecule has 0 fully saturated rings. The summed E-state index contributed by atoms with van der Waals surface area (Å²) < 4.78 is 0. The molecule has 4 heteroatoms. The van der Waals surface area contributed by atoms with Gasteiger partial charge in [0.2, 0.25) is 0 Å². The third kappa shape index (κ3) is 2.19. The van der Waals surface area contributed by atoms with Gasteiger partial charge in [-0.25, -0.2) is 9.97 Å². The van der Waals surface area contributed by atoms with Crippen LogP contribution in [0.4, 0.5) is 0 Å². The number of halogens is 1. The molecule has 0 aliphatic heterocycles. The molecular weight excluding hydrogens is 222 g/mol. The van der Waals surface area contributed by atoms with Crippen LogP contribution < -0.4 is 0 Å². The van der Waals surface area contributed by atoms with Gasteiger partial charge in [-0.2, -0.15) is 0 Å². The van der Waals surface area contributed by atoms with E-state index in [0.29, 0.717) is 5.15 Å². The fraction of sp³-hybridized carbons (Fsp3) is 0.250. The average Bonchev–Trinajstić information content (AvgIpc) is 2.28. The Hall–Kier alpha value is -1.48. The van der Waals surface area contributed by atoms with Crippen LogP contribution in [0.2, 0.25) is 5.15 Å². The Labute approximate surface area is 99.5 Å². The molecule has 2 aromatic heterocycles. The summed E-state index contributed by atoms with van der Waals surface area (Å²) in [5, 5.41) is 0.484. The van der Waals surface area contributed by atoms with Crippen LogP contribution in [0, 0.1) is 6.92 Å². The van der Waals surface area contributed by atoms with E-state index in [4.69, 9.17) is 11.6 Å². The van der Waals surface area contributed by atoms with Crippen molar-refractivity contribution in [3.63, 3.8) is 0 Å². The summed E-state index contributed by atoms with van der Waals surface area (Å²) in [6.45, 7) is 4.01. The highest BCUT2D eigenvalue weighted by Crippen LogP contribution is 2.22. The standard InChI is InChI=1S/C12H12ClN3/c1-3-12-15-10(6-11(13)16-12)9-4-5-14-7-8(9)2/h4-7H,3H2,1-2H3. The zero-order chi connectivity index (χ0) is 11.5. The van der Waals surface area contributed by atoms with Gasteiger partial charge in [0.1, 0.15) is 11.0 Å². The summed E-state index contributed by atoms with van der Waals surface area (Å²) in [5.41, 5.74) is 2.99. The molecule has 0 atom stereocenters. The van der Waals surface area contributed by atoms with E-state index in [1.54, 1.807) is 12.3 Å². The molecular formula is C12H12ClN3. The molecule has 0 bridgehead atoms. The lowest BCUT2D eigenvalue weighted by molar-refractivity contribution is 0.942. The van der Waals surface area contributed by atoms with Gasteiger partial charge in [-0.15, -0.1) is 0 Å². The van der Waals surface area contributed by atoms with Gasteiger partial charge in [0, 0.05) is 30.4 Å². The van der Waals surface area contributed by atoms with Crippen LogP contribution in [-0.4, -0.2) is 15.0 Å². The lowest BCUT2D eigenvalue weighted by atomic mass is 10.1.